The lowest BCUT2D eigenvalue weighted by Crippen LogP contribution is -2.62. The van der Waals surface area contributed by atoms with Crippen molar-refractivity contribution in [3.63, 3.8) is 0 Å². The summed E-state index contributed by atoms with van der Waals surface area (Å²) in [4.78, 5) is 48.5. The summed E-state index contributed by atoms with van der Waals surface area (Å²) in [5, 5.41) is 10.8. The molecular formula is C26H38O8. The fraction of sp³-hybridized carbons (Fsp3) is 0.692. The molecule has 0 aliphatic heterocycles. The van der Waals surface area contributed by atoms with E-state index < -0.39 is 53.0 Å². The topological polar surface area (TPSA) is 116 Å². The van der Waals surface area contributed by atoms with Gasteiger partial charge in [0.05, 0.1) is 6.10 Å². The predicted octanol–water partition coefficient (Wildman–Crippen LogP) is 3.31. The number of carbonyl (C=O) groups is 4. The molecule has 0 saturated heterocycles. The van der Waals surface area contributed by atoms with E-state index in [1.165, 1.54) is 20.8 Å². The molecule has 0 aromatic carbocycles. The Morgan fingerprint density at radius 1 is 1.12 bits per heavy atom. The zero-order valence-corrected chi connectivity index (χ0v) is 21.3. The summed E-state index contributed by atoms with van der Waals surface area (Å²) in [6.45, 7) is 15.6. The molecular weight excluding hydrogens is 440 g/mol. The van der Waals surface area contributed by atoms with Gasteiger partial charge in [-0.3, -0.25) is 19.2 Å². The third kappa shape index (κ3) is 5.59. The van der Waals surface area contributed by atoms with E-state index in [9.17, 15) is 24.3 Å². The Kier molecular flexibility index (Phi) is 8.51. The first-order valence-electron chi connectivity index (χ1n) is 11.7. The number of rotatable bonds is 7. The summed E-state index contributed by atoms with van der Waals surface area (Å²) in [5.74, 6) is -2.67. The lowest BCUT2D eigenvalue weighted by Gasteiger charge is -2.59. The minimum absolute atomic E-state index is 0.0399. The smallest absolute Gasteiger partial charge is 0.303 e. The molecule has 8 nitrogen and oxygen atoms in total. The first kappa shape index (κ1) is 27.8. The van der Waals surface area contributed by atoms with Crippen molar-refractivity contribution in [3.05, 3.63) is 23.8 Å². The van der Waals surface area contributed by atoms with Crippen LogP contribution in [0.4, 0.5) is 0 Å². The van der Waals surface area contributed by atoms with Crippen molar-refractivity contribution in [2.75, 3.05) is 6.61 Å². The van der Waals surface area contributed by atoms with E-state index in [4.69, 9.17) is 14.2 Å². The molecule has 0 heterocycles. The van der Waals surface area contributed by atoms with Crippen molar-refractivity contribution in [2.24, 2.45) is 22.7 Å². The normalized spacial score (nSPS) is 31.8. The molecule has 190 valence electrons. The number of fused-ring (bicyclic) bond motifs is 1. The average molecular weight is 479 g/mol. The predicted molar refractivity (Wildman–Crippen MR) is 124 cm³/mol. The SMILES string of the molecule is C=C1[C@H](OC(C)=O)C(=O)[C@H]2C(C)(C)[C@@H](O)CC[C@]2(C)[C@H]1C[C@@H](OC(C)=O)/C(C)=C/COC(C)=O. The molecule has 0 bridgehead atoms. The Morgan fingerprint density at radius 2 is 1.74 bits per heavy atom. The van der Waals surface area contributed by atoms with E-state index in [1.54, 1.807) is 13.0 Å². The van der Waals surface area contributed by atoms with Crippen LogP contribution in [0.3, 0.4) is 0 Å². The van der Waals surface area contributed by atoms with Crippen LogP contribution in [-0.4, -0.2) is 53.7 Å². The van der Waals surface area contributed by atoms with Crippen molar-refractivity contribution < 1.29 is 38.5 Å². The van der Waals surface area contributed by atoms with Crippen LogP contribution in [0.1, 0.15) is 67.7 Å². The number of ketones is 1. The minimum atomic E-state index is -1.13. The van der Waals surface area contributed by atoms with Crippen molar-refractivity contribution in [3.8, 4) is 0 Å². The lowest BCUT2D eigenvalue weighted by molar-refractivity contribution is -0.178. The average Bonchev–Trinajstić information content (AvgIpc) is 2.69. The quantitative estimate of drug-likeness (QED) is 0.337. The van der Waals surface area contributed by atoms with Crippen LogP contribution in [0.2, 0.25) is 0 Å². The Balaban J connectivity index is 2.52. The van der Waals surface area contributed by atoms with Gasteiger partial charge < -0.3 is 19.3 Å². The number of Topliss-reactive ketones (excluding diaryl/α,β-unsaturated/α-hetero) is 1. The van der Waals surface area contributed by atoms with Crippen LogP contribution in [0.25, 0.3) is 0 Å². The molecule has 1 N–H and O–H groups in total. The molecule has 2 aliphatic rings. The van der Waals surface area contributed by atoms with Crippen LogP contribution in [0, 0.1) is 22.7 Å². The van der Waals surface area contributed by atoms with Gasteiger partial charge in [-0.15, -0.1) is 0 Å². The molecule has 2 saturated carbocycles. The molecule has 0 radical (unpaired) electrons. The first-order chi connectivity index (χ1) is 15.6. The summed E-state index contributed by atoms with van der Waals surface area (Å²) >= 11 is 0. The Morgan fingerprint density at radius 3 is 2.26 bits per heavy atom. The number of aliphatic hydroxyl groups excluding tert-OH is 1. The van der Waals surface area contributed by atoms with Crippen molar-refractivity contribution >= 4 is 23.7 Å². The van der Waals surface area contributed by atoms with Gasteiger partial charge in [-0.05, 0) is 54.7 Å². The number of aliphatic hydroxyl groups is 1. The summed E-state index contributed by atoms with van der Waals surface area (Å²) in [5.41, 5.74) is -0.183. The number of esters is 3. The van der Waals surface area contributed by atoms with Gasteiger partial charge in [0, 0.05) is 32.1 Å². The molecule has 0 aromatic rings. The van der Waals surface area contributed by atoms with Crippen molar-refractivity contribution in [1.82, 2.24) is 0 Å². The van der Waals surface area contributed by atoms with Gasteiger partial charge in [0.25, 0.3) is 0 Å². The second-order valence-corrected chi connectivity index (χ2v) is 10.4. The van der Waals surface area contributed by atoms with E-state index in [2.05, 4.69) is 6.58 Å². The number of hydrogen-bond donors (Lipinski definition) is 1. The number of hydrogen-bond acceptors (Lipinski definition) is 8. The van der Waals surface area contributed by atoms with E-state index >= 15 is 0 Å². The molecule has 0 amide bonds. The standard InChI is InChI=1S/C26H38O8/c1-14(10-12-32-16(3)27)20(33-17(4)28)13-19-15(2)23(34-18(5)29)22(31)24-25(6,7)21(30)9-11-26(19,24)8/h10,19-21,23-24,30H,2,9,11-13H2,1,3-8H3/b14-10+/t19-,20+,21-,23-,24-,26+/m0/s1. The maximum absolute atomic E-state index is 13.6. The Hall–Kier alpha value is -2.48. The molecule has 8 heteroatoms. The minimum Gasteiger partial charge on any atom is -0.462 e. The highest BCUT2D eigenvalue weighted by molar-refractivity contribution is 5.93. The third-order valence-electron chi connectivity index (χ3n) is 7.58. The monoisotopic (exact) mass is 478 g/mol. The summed E-state index contributed by atoms with van der Waals surface area (Å²) in [7, 11) is 0. The maximum atomic E-state index is 13.6. The van der Waals surface area contributed by atoms with Gasteiger partial charge in [-0.1, -0.05) is 27.4 Å². The van der Waals surface area contributed by atoms with Gasteiger partial charge in [-0.25, -0.2) is 0 Å². The summed E-state index contributed by atoms with van der Waals surface area (Å²) < 4.78 is 16.1. The van der Waals surface area contributed by atoms with Crippen LogP contribution >= 0.6 is 0 Å². The zero-order chi connectivity index (χ0) is 26.0. The number of ether oxygens (including phenoxy) is 3. The third-order valence-corrected chi connectivity index (χ3v) is 7.58. The molecule has 34 heavy (non-hydrogen) atoms. The largest absolute Gasteiger partial charge is 0.462 e. The fourth-order valence-electron chi connectivity index (χ4n) is 5.90. The van der Waals surface area contributed by atoms with Crippen LogP contribution in [0.5, 0.6) is 0 Å². The van der Waals surface area contributed by atoms with Gasteiger partial charge in [0.2, 0.25) is 0 Å². The summed E-state index contributed by atoms with van der Waals surface area (Å²) in [6.07, 6.45) is 0.591. The molecule has 0 spiro atoms. The second-order valence-electron chi connectivity index (χ2n) is 10.4. The fourth-order valence-corrected chi connectivity index (χ4v) is 5.90. The van der Waals surface area contributed by atoms with Crippen molar-refractivity contribution in [2.45, 2.75) is 86.0 Å². The molecule has 2 rings (SSSR count). The second kappa shape index (κ2) is 10.4. The van der Waals surface area contributed by atoms with Crippen molar-refractivity contribution in [1.29, 1.82) is 0 Å². The molecule has 6 atom stereocenters. The highest BCUT2D eigenvalue weighted by Crippen LogP contribution is 2.61. The van der Waals surface area contributed by atoms with Gasteiger partial charge in [-0.2, -0.15) is 0 Å². The van der Waals surface area contributed by atoms with E-state index in [0.29, 0.717) is 30.4 Å². The molecule has 0 aromatic heterocycles. The van der Waals surface area contributed by atoms with Gasteiger partial charge in [0.1, 0.15) is 12.7 Å². The molecule has 2 fully saturated rings. The van der Waals surface area contributed by atoms with Gasteiger partial charge in [0.15, 0.2) is 11.9 Å². The summed E-state index contributed by atoms with van der Waals surface area (Å²) in [6, 6.07) is 0. The maximum Gasteiger partial charge on any atom is 0.303 e. The Labute approximate surface area is 201 Å². The lowest BCUT2D eigenvalue weighted by atomic mass is 9.45. The Bertz CT molecular complexity index is 885. The molecule has 2 aliphatic carbocycles. The highest BCUT2D eigenvalue weighted by atomic mass is 16.6. The van der Waals surface area contributed by atoms with E-state index in [1.807, 2.05) is 20.8 Å². The van der Waals surface area contributed by atoms with Gasteiger partial charge >= 0.3 is 17.9 Å². The van der Waals surface area contributed by atoms with E-state index in [0.717, 1.165) is 0 Å². The van der Waals surface area contributed by atoms with Crippen LogP contribution < -0.4 is 0 Å². The van der Waals surface area contributed by atoms with Crippen LogP contribution in [0.15, 0.2) is 23.8 Å². The van der Waals surface area contributed by atoms with Crippen LogP contribution in [-0.2, 0) is 33.4 Å². The zero-order valence-electron chi connectivity index (χ0n) is 21.3. The number of carbonyl (C=O) groups excluding carboxylic acids is 4. The highest BCUT2D eigenvalue weighted by Gasteiger charge is 2.63. The molecule has 0 unspecified atom stereocenters. The first-order valence-corrected chi connectivity index (χ1v) is 11.7. The van der Waals surface area contributed by atoms with E-state index in [-0.39, 0.29) is 18.3 Å².